The number of alkyl halides is 3. The van der Waals surface area contributed by atoms with Gasteiger partial charge in [0.05, 0.1) is 10.6 Å². The van der Waals surface area contributed by atoms with Crippen LogP contribution in [0.25, 0.3) is 0 Å². The van der Waals surface area contributed by atoms with Gasteiger partial charge >= 0.3 is 12.1 Å². The van der Waals surface area contributed by atoms with Crippen LogP contribution in [0.3, 0.4) is 0 Å². The van der Waals surface area contributed by atoms with E-state index in [1.807, 2.05) is 38.1 Å². The topological polar surface area (TPSA) is 56.7 Å². The van der Waals surface area contributed by atoms with Gasteiger partial charge in [0.2, 0.25) is 0 Å². The van der Waals surface area contributed by atoms with Gasteiger partial charge in [0.1, 0.15) is 11.9 Å². The van der Waals surface area contributed by atoms with Crippen LogP contribution >= 0.6 is 48.6 Å². The van der Waals surface area contributed by atoms with Gasteiger partial charge in [-0.1, -0.05) is 44.2 Å². The predicted octanol–water partition coefficient (Wildman–Crippen LogP) is 8.94. The Balaban J connectivity index is 0.00000256. The number of piperidine rings is 1. The number of hydrogen-bond donors (Lipinski definition) is 1. The summed E-state index contributed by atoms with van der Waals surface area (Å²) in [6.07, 6.45) is 1.51. The summed E-state index contributed by atoms with van der Waals surface area (Å²) in [5, 5.41) is 10.7. The molecule has 1 aromatic heterocycles. The molecule has 47 heavy (non-hydrogen) atoms. The summed E-state index contributed by atoms with van der Waals surface area (Å²) in [5.41, 5.74) is 0.947. The minimum atomic E-state index is -4.36. The van der Waals surface area contributed by atoms with Gasteiger partial charge in [-0.3, -0.25) is 9.69 Å². The van der Waals surface area contributed by atoms with Crippen molar-refractivity contribution < 1.29 is 27.5 Å². The number of benzene rings is 2. The maximum absolute atomic E-state index is 14.2. The molecule has 2 aliphatic rings. The molecular weight excluding hydrogens is 697 g/mol. The Kier molecular flexibility index (Phi) is 15.5. The molecule has 262 valence electrons. The lowest BCUT2D eigenvalue weighted by Gasteiger charge is -2.35. The van der Waals surface area contributed by atoms with Gasteiger partial charge in [-0.15, -0.1) is 48.6 Å². The van der Waals surface area contributed by atoms with Gasteiger partial charge in [0, 0.05) is 30.1 Å². The van der Waals surface area contributed by atoms with E-state index in [1.54, 1.807) is 29.5 Å². The lowest BCUT2D eigenvalue weighted by molar-refractivity contribution is -0.145. The third-order valence-electron chi connectivity index (χ3n) is 9.51. The number of thiazole rings is 1. The van der Waals surface area contributed by atoms with Crippen molar-refractivity contribution in [2.45, 2.75) is 76.0 Å². The molecule has 1 aliphatic heterocycles. The Bertz CT molecular complexity index is 1440. The molecule has 1 unspecified atom stereocenters. The summed E-state index contributed by atoms with van der Waals surface area (Å²) in [5.74, 6) is -0.288. The normalized spacial score (nSPS) is 21.2. The number of carbonyl (C=O) groups is 1. The van der Waals surface area contributed by atoms with Gasteiger partial charge in [0.25, 0.3) is 0 Å². The van der Waals surface area contributed by atoms with Crippen LogP contribution in [0.4, 0.5) is 17.6 Å². The van der Waals surface area contributed by atoms with E-state index in [1.165, 1.54) is 23.1 Å². The first-order valence-corrected chi connectivity index (χ1v) is 16.2. The first-order valence-electron chi connectivity index (χ1n) is 15.4. The summed E-state index contributed by atoms with van der Waals surface area (Å²) in [4.78, 5) is 22.3. The average molecular weight is 741 g/mol. The number of likely N-dealkylation sites (tertiary alicyclic amines) is 1. The summed E-state index contributed by atoms with van der Waals surface area (Å²) in [6, 6.07) is 11.8. The molecule has 2 heterocycles. The third kappa shape index (κ3) is 10.3. The Labute approximate surface area is 297 Å². The summed E-state index contributed by atoms with van der Waals surface area (Å²) < 4.78 is 53.6. The van der Waals surface area contributed by atoms with Crippen LogP contribution in [0.2, 0.25) is 0 Å². The third-order valence-corrected chi connectivity index (χ3v) is 10.7. The fourth-order valence-electron chi connectivity index (χ4n) is 7.29. The van der Waals surface area contributed by atoms with E-state index in [0.29, 0.717) is 17.9 Å². The quantitative estimate of drug-likeness (QED) is 0.211. The highest BCUT2D eigenvalue weighted by atomic mass is 35.5. The Morgan fingerprint density at radius 3 is 2.36 bits per heavy atom. The molecular formula is C34H44Cl3F4N3O2S. The van der Waals surface area contributed by atoms with E-state index in [0.717, 1.165) is 62.0 Å². The SMILES string of the molecule is CC(C)[C@H](C(=O)O)N(C)C1C[C@H](CN2CCC(c3cnc(Cc4cccc(C(F)(F)F)c4)s3)CC2)[C@@H](c2cccc(F)c2)C1.Cl.Cl.Cl. The second kappa shape index (κ2) is 17.6. The van der Waals surface area contributed by atoms with E-state index in [-0.39, 0.29) is 66.8 Å². The number of nitrogens with zero attached hydrogens (tertiary/aromatic N) is 3. The number of halogens is 7. The zero-order valence-corrected chi connectivity index (χ0v) is 29.9. The maximum atomic E-state index is 14.2. The first-order chi connectivity index (χ1) is 20.9. The van der Waals surface area contributed by atoms with Crippen LogP contribution in [0.15, 0.2) is 54.7 Å². The second-order valence-electron chi connectivity index (χ2n) is 12.8. The number of aromatic nitrogens is 1. The fraction of sp³-hybridized carbons (Fsp3) is 0.529. The number of carboxylic acids is 1. The number of hydrogen-bond acceptors (Lipinski definition) is 5. The molecule has 0 radical (unpaired) electrons. The highest BCUT2D eigenvalue weighted by Gasteiger charge is 2.42. The van der Waals surface area contributed by atoms with Crippen molar-refractivity contribution >= 4 is 54.5 Å². The van der Waals surface area contributed by atoms with Crippen LogP contribution in [0.5, 0.6) is 0 Å². The highest BCUT2D eigenvalue weighted by molar-refractivity contribution is 7.11. The predicted molar refractivity (Wildman–Crippen MR) is 186 cm³/mol. The van der Waals surface area contributed by atoms with Crippen LogP contribution in [-0.2, 0) is 17.4 Å². The van der Waals surface area contributed by atoms with Crippen molar-refractivity contribution in [3.05, 3.63) is 87.1 Å². The van der Waals surface area contributed by atoms with Crippen molar-refractivity contribution in [2.24, 2.45) is 11.8 Å². The molecule has 2 fully saturated rings. The van der Waals surface area contributed by atoms with Crippen LogP contribution in [0.1, 0.15) is 77.9 Å². The van der Waals surface area contributed by atoms with Gasteiger partial charge in [-0.25, -0.2) is 9.37 Å². The Hall–Kier alpha value is -1.95. The standard InChI is InChI=1S/C34H41F4N3O2S.3ClH/c1-21(2)32(33(42)43)40(3)28-17-25(29(18-28)24-7-5-9-27(35)16-24)20-41-12-10-23(11-13-41)30-19-39-31(44-30)15-22-6-4-8-26(14-22)34(36,37)38;;;/h4-9,14,16,19,21,23,25,28-29,32H,10-13,15,17-18,20H2,1-3H3,(H,42,43);3*1H/t25-,28?,29-,32-;;;/m1.../s1. The summed E-state index contributed by atoms with van der Waals surface area (Å²) in [7, 11) is 1.91. The van der Waals surface area contributed by atoms with Crippen LogP contribution < -0.4 is 0 Å². The van der Waals surface area contributed by atoms with Crippen molar-refractivity contribution in [2.75, 3.05) is 26.7 Å². The summed E-state index contributed by atoms with van der Waals surface area (Å²) >= 11 is 1.59. The minimum absolute atomic E-state index is 0. The van der Waals surface area contributed by atoms with E-state index in [2.05, 4.69) is 9.88 Å². The molecule has 1 saturated heterocycles. The average Bonchev–Trinajstić information content (AvgIpc) is 3.60. The molecule has 1 N–H and O–H groups in total. The molecule has 0 amide bonds. The fourth-order valence-corrected chi connectivity index (χ4v) is 8.41. The zero-order chi connectivity index (χ0) is 31.6. The number of likely N-dealkylation sites (N-methyl/N-ethyl adjacent to an activating group) is 1. The molecule has 1 saturated carbocycles. The van der Waals surface area contributed by atoms with Gasteiger partial charge < -0.3 is 10.0 Å². The number of aliphatic carboxylic acids is 1. The van der Waals surface area contributed by atoms with Gasteiger partial charge in [-0.2, -0.15) is 13.2 Å². The van der Waals surface area contributed by atoms with Gasteiger partial charge in [-0.05, 0) is 98.8 Å². The first kappa shape index (κ1) is 41.2. The van der Waals surface area contributed by atoms with Crippen LogP contribution in [-0.4, -0.2) is 64.6 Å². The van der Waals surface area contributed by atoms with E-state index in [4.69, 9.17) is 0 Å². The molecule has 4 atom stereocenters. The second-order valence-corrected chi connectivity index (χ2v) is 14.0. The molecule has 0 bridgehead atoms. The van der Waals surface area contributed by atoms with Crippen molar-refractivity contribution in [1.82, 2.24) is 14.8 Å². The monoisotopic (exact) mass is 739 g/mol. The summed E-state index contributed by atoms with van der Waals surface area (Å²) in [6.45, 7) is 6.59. The molecule has 13 heteroatoms. The van der Waals surface area contributed by atoms with E-state index >= 15 is 0 Å². The van der Waals surface area contributed by atoms with Crippen molar-refractivity contribution in [1.29, 1.82) is 0 Å². The minimum Gasteiger partial charge on any atom is -0.480 e. The number of rotatable bonds is 10. The highest BCUT2D eigenvalue weighted by Crippen LogP contribution is 2.44. The lowest BCUT2D eigenvalue weighted by atomic mass is 9.87. The largest absolute Gasteiger partial charge is 0.480 e. The smallest absolute Gasteiger partial charge is 0.416 e. The van der Waals surface area contributed by atoms with Crippen molar-refractivity contribution in [3.63, 3.8) is 0 Å². The molecule has 3 aromatic rings. The molecule has 2 aromatic carbocycles. The van der Waals surface area contributed by atoms with E-state index < -0.39 is 23.8 Å². The van der Waals surface area contributed by atoms with Crippen molar-refractivity contribution in [3.8, 4) is 0 Å². The molecule has 5 nitrogen and oxygen atoms in total. The zero-order valence-electron chi connectivity index (χ0n) is 26.7. The van der Waals surface area contributed by atoms with Crippen LogP contribution in [0, 0.1) is 17.7 Å². The molecule has 1 aliphatic carbocycles. The number of carboxylic acid groups (broad SMARTS) is 1. The lowest BCUT2D eigenvalue weighted by Crippen LogP contribution is -2.47. The Morgan fingerprint density at radius 2 is 1.74 bits per heavy atom. The molecule has 0 spiro atoms. The maximum Gasteiger partial charge on any atom is 0.416 e. The Morgan fingerprint density at radius 1 is 1.06 bits per heavy atom. The van der Waals surface area contributed by atoms with Gasteiger partial charge in [0.15, 0.2) is 0 Å². The van der Waals surface area contributed by atoms with E-state index in [9.17, 15) is 27.5 Å². The molecule has 5 rings (SSSR count).